The van der Waals surface area contributed by atoms with Gasteiger partial charge in [0.2, 0.25) is 0 Å². The van der Waals surface area contributed by atoms with Crippen LogP contribution in [0.1, 0.15) is 12.0 Å². The average molecular weight is 272 g/mol. The van der Waals surface area contributed by atoms with Gasteiger partial charge >= 0.3 is 0 Å². The zero-order chi connectivity index (χ0) is 12.3. The summed E-state index contributed by atoms with van der Waals surface area (Å²) >= 11 is 12.2. The van der Waals surface area contributed by atoms with Crippen molar-refractivity contribution < 1.29 is 4.74 Å². The fourth-order valence-corrected chi connectivity index (χ4v) is 2.39. The van der Waals surface area contributed by atoms with E-state index < -0.39 is 0 Å². The molecule has 2 nitrogen and oxygen atoms in total. The minimum atomic E-state index is 0.110. The molecule has 0 aliphatic carbocycles. The van der Waals surface area contributed by atoms with Crippen molar-refractivity contribution in [2.24, 2.45) is 0 Å². The van der Waals surface area contributed by atoms with E-state index in [-0.39, 0.29) is 6.10 Å². The molecule has 4 heteroatoms. The SMILES string of the molecule is CNCC1C=C(c2cccc(Cl)c2Cl)CCO1. The van der Waals surface area contributed by atoms with Gasteiger partial charge in [-0.1, -0.05) is 41.4 Å². The van der Waals surface area contributed by atoms with E-state index in [1.54, 1.807) is 6.07 Å². The van der Waals surface area contributed by atoms with Crippen LogP contribution < -0.4 is 5.32 Å². The fourth-order valence-electron chi connectivity index (χ4n) is 1.97. The Labute approximate surface area is 112 Å². The number of halogens is 2. The number of hydrogen-bond donors (Lipinski definition) is 1. The fraction of sp³-hybridized carbons (Fsp3) is 0.385. The van der Waals surface area contributed by atoms with Gasteiger partial charge in [-0.25, -0.2) is 0 Å². The monoisotopic (exact) mass is 271 g/mol. The summed E-state index contributed by atoms with van der Waals surface area (Å²) in [5.41, 5.74) is 2.23. The van der Waals surface area contributed by atoms with E-state index in [4.69, 9.17) is 27.9 Å². The predicted octanol–water partition coefficient (Wildman–Crippen LogP) is 3.39. The van der Waals surface area contributed by atoms with Crippen LogP contribution in [0.2, 0.25) is 10.0 Å². The maximum Gasteiger partial charge on any atom is 0.0886 e. The molecule has 1 N–H and O–H groups in total. The number of benzene rings is 1. The lowest BCUT2D eigenvalue weighted by Crippen LogP contribution is -2.27. The van der Waals surface area contributed by atoms with Crippen LogP contribution in [-0.4, -0.2) is 26.3 Å². The van der Waals surface area contributed by atoms with E-state index in [0.29, 0.717) is 10.0 Å². The zero-order valence-corrected chi connectivity index (χ0v) is 11.2. The summed E-state index contributed by atoms with van der Waals surface area (Å²) < 4.78 is 5.63. The minimum Gasteiger partial charge on any atom is -0.372 e. The largest absolute Gasteiger partial charge is 0.372 e. The molecular formula is C13H15Cl2NO. The van der Waals surface area contributed by atoms with E-state index in [1.165, 1.54) is 5.57 Å². The van der Waals surface area contributed by atoms with Crippen molar-refractivity contribution in [1.29, 1.82) is 0 Å². The Bertz CT molecular complexity index is 431. The summed E-state index contributed by atoms with van der Waals surface area (Å²) in [6, 6.07) is 5.73. The summed E-state index contributed by atoms with van der Waals surface area (Å²) in [6.45, 7) is 1.53. The van der Waals surface area contributed by atoms with E-state index >= 15 is 0 Å². The lowest BCUT2D eigenvalue weighted by Gasteiger charge is -2.22. The average Bonchev–Trinajstić information content (AvgIpc) is 2.33. The van der Waals surface area contributed by atoms with Crippen LogP contribution in [0, 0.1) is 0 Å². The maximum atomic E-state index is 6.22. The highest BCUT2D eigenvalue weighted by Gasteiger charge is 2.16. The quantitative estimate of drug-likeness (QED) is 0.910. The predicted molar refractivity (Wildman–Crippen MR) is 72.7 cm³/mol. The molecule has 0 saturated heterocycles. The first-order chi connectivity index (χ1) is 8.22. The van der Waals surface area contributed by atoms with Crippen molar-refractivity contribution in [3.8, 4) is 0 Å². The molecule has 1 aromatic carbocycles. The highest BCUT2D eigenvalue weighted by Crippen LogP contribution is 2.33. The van der Waals surface area contributed by atoms with Crippen LogP contribution in [0.15, 0.2) is 24.3 Å². The molecule has 0 aromatic heterocycles. The lowest BCUT2D eigenvalue weighted by atomic mass is 9.99. The van der Waals surface area contributed by atoms with Gasteiger partial charge in [0, 0.05) is 6.54 Å². The van der Waals surface area contributed by atoms with Crippen molar-refractivity contribution in [3.05, 3.63) is 39.9 Å². The summed E-state index contributed by atoms with van der Waals surface area (Å²) in [5, 5.41) is 4.34. The first kappa shape index (κ1) is 12.9. The first-order valence-corrected chi connectivity index (χ1v) is 6.39. The molecule has 1 aliphatic heterocycles. The Kier molecular flexibility index (Phi) is 4.46. The molecule has 2 rings (SSSR count). The van der Waals surface area contributed by atoms with Crippen LogP contribution in [-0.2, 0) is 4.74 Å². The maximum absolute atomic E-state index is 6.22. The standard InChI is InChI=1S/C13H15Cl2NO/c1-16-8-10-7-9(5-6-17-10)11-3-2-4-12(14)13(11)15/h2-4,7,10,16H,5-6,8H2,1H3. The van der Waals surface area contributed by atoms with Gasteiger partial charge in [0.1, 0.15) is 0 Å². The van der Waals surface area contributed by atoms with E-state index in [0.717, 1.165) is 25.1 Å². The number of likely N-dealkylation sites (N-methyl/N-ethyl adjacent to an activating group) is 1. The second-order valence-corrected chi connectivity index (χ2v) is 4.80. The molecule has 0 amide bonds. The van der Waals surface area contributed by atoms with Gasteiger partial charge in [0.25, 0.3) is 0 Å². The first-order valence-electron chi connectivity index (χ1n) is 5.63. The topological polar surface area (TPSA) is 21.3 Å². The molecule has 1 atom stereocenters. The second-order valence-electron chi connectivity index (χ2n) is 4.01. The third-order valence-corrected chi connectivity index (χ3v) is 3.61. The van der Waals surface area contributed by atoms with Crippen LogP contribution in [0.5, 0.6) is 0 Å². The molecule has 0 radical (unpaired) electrons. The van der Waals surface area contributed by atoms with Crippen molar-refractivity contribution in [2.75, 3.05) is 20.2 Å². The van der Waals surface area contributed by atoms with Crippen molar-refractivity contribution in [2.45, 2.75) is 12.5 Å². The van der Waals surface area contributed by atoms with E-state index in [1.807, 2.05) is 19.2 Å². The molecule has 92 valence electrons. The molecule has 0 saturated carbocycles. The van der Waals surface area contributed by atoms with Gasteiger partial charge in [-0.2, -0.15) is 0 Å². The highest BCUT2D eigenvalue weighted by atomic mass is 35.5. The molecular weight excluding hydrogens is 257 g/mol. The number of nitrogens with one attached hydrogen (secondary N) is 1. The molecule has 0 fully saturated rings. The molecule has 0 bridgehead atoms. The van der Waals surface area contributed by atoms with Crippen LogP contribution in [0.25, 0.3) is 5.57 Å². The van der Waals surface area contributed by atoms with Crippen molar-refractivity contribution in [1.82, 2.24) is 5.32 Å². The summed E-state index contributed by atoms with van der Waals surface area (Å²) in [7, 11) is 1.91. The van der Waals surface area contributed by atoms with E-state index in [9.17, 15) is 0 Å². The number of ether oxygens (including phenoxy) is 1. The zero-order valence-electron chi connectivity index (χ0n) is 9.67. The van der Waals surface area contributed by atoms with Gasteiger partial charge in [-0.05, 0) is 30.7 Å². The van der Waals surface area contributed by atoms with Crippen molar-refractivity contribution in [3.63, 3.8) is 0 Å². The summed E-state index contributed by atoms with van der Waals surface area (Å²) in [4.78, 5) is 0. The normalized spacial score (nSPS) is 20.2. The Hall–Kier alpha value is -0.540. The Morgan fingerprint density at radius 3 is 3.00 bits per heavy atom. The van der Waals surface area contributed by atoms with Crippen LogP contribution in [0.3, 0.4) is 0 Å². The Morgan fingerprint density at radius 2 is 2.24 bits per heavy atom. The molecule has 1 unspecified atom stereocenters. The molecule has 1 aromatic rings. The number of rotatable bonds is 3. The summed E-state index contributed by atoms with van der Waals surface area (Å²) in [6.07, 6.45) is 3.11. The minimum absolute atomic E-state index is 0.110. The van der Waals surface area contributed by atoms with Gasteiger partial charge < -0.3 is 10.1 Å². The molecule has 17 heavy (non-hydrogen) atoms. The lowest BCUT2D eigenvalue weighted by molar-refractivity contribution is 0.0836. The van der Waals surface area contributed by atoms with Gasteiger partial charge in [0.15, 0.2) is 0 Å². The Morgan fingerprint density at radius 1 is 1.41 bits per heavy atom. The van der Waals surface area contributed by atoms with Crippen LogP contribution >= 0.6 is 23.2 Å². The summed E-state index contributed by atoms with van der Waals surface area (Å²) in [5.74, 6) is 0. The van der Waals surface area contributed by atoms with E-state index in [2.05, 4.69) is 11.4 Å². The van der Waals surface area contributed by atoms with Gasteiger partial charge in [0.05, 0.1) is 22.8 Å². The second kappa shape index (κ2) is 5.87. The molecule has 1 aliphatic rings. The van der Waals surface area contributed by atoms with Gasteiger partial charge in [-0.15, -0.1) is 0 Å². The highest BCUT2D eigenvalue weighted by molar-refractivity contribution is 6.43. The Balaban J connectivity index is 2.29. The third kappa shape index (κ3) is 3.02. The number of hydrogen-bond acceptors (Lipinski definition) is 2. The molecule has 0 spiro atoms. The van der Waals surface area contributed by atoms with Crippen molar-refractivity contribution >= 4 is 28.8 Å². The van der Waals surface area contributed by atoms with Crippen LogP contribution in [0.4, 0.5) is 0 Å². The van der Waals surface area contributed by atoms with Gasteiger partial charge in [-0.3, -0.25) is 0 Å². The third-order valence-electron chi connectivity index (χ3n) is 2.79. The smallest absolute Gasteiger partial charge is 0.0886 e. The molecule has 1 heterocycles.